The molecule has 0 atom stereocenters. The first-order valence-corrected chi connectivity index (χ1v) is 6.24. The van der Waals surface area contributed by atoms with Gasteiger partial charge in [-0.2, -0.15) is 0 Å². The summed E-state index contributed by atoms with van der Waals surface area (Å²) in [5.74, 6) is 0.742. The van der Waals surface area contributed by atoms with Crippen molar-refractivity contribution in [3.63, 3.8) is 0 Å². The van der Waals surface area contributed by atoms with Gasteiger partial charge in [0.15, 0.2) is 11.5 Å². The van der Waals surface area contributed by atoms with Gasteiger partial charge in [-0.1, -0.05) is 25.3 Å². The summed E-state index contributed by atoms with van der Waals surface area (Å²) in [4.78, 5) is 0. The average Bonchev–Trinajstić information content (AvgIpc) is 2.29. The molecule has 1 saturated carbocycles. The summed E-state index contributed by atoms with van der Waals surface area (Å²) in [6.07, 6.45) is 5.60. The number of hydrogen-bond acceptors (Lipinski definition) is 3. The van der Waals surface area contributed by atoms with Crippen LogP contribution in [-0.2, 0) is 5.54 Å². The van der Waals surface area contributed by atoms with Crippen molar-refractivity contribution >= 4 is 0 Å². The summed E-state index contributed by atoms with van der Waals surface area (Å²) >= 11 is 0. The highest BCUT2D eigenvalue weighted by molar-refractivity contribution is 5.49. The first-order chi connectivity index (χ1) is 8.07. The number of hydrogen-bond donors (Lipinski definition) is 2. The zero-order valence-corrected chi connectivity index (χ0v) is 10.6. The van der Waals surface area contributed by atoms with Gasteiger partial charge in [-0.15, -0.1) is 0 Å². The molecule has 0 aromatic heterocycles. The second-order valence-corrected chi connectivity index (χ2v) is 5.06. The number of nitrogens with two attached hydrogens (primary N) is 1. The van der Waals surface area contributed by atoms with E-state index in [0.29, 0.717) is 5.75 Å². The summed E-state index contributed by atoms with van der Waals surface area (Å²) in [6.45, 7) is 1.94. The first-order valence-electron chi connectivity index (χ1n) is 6.24. The minimum absolute atomic E-state index is 0.192. The van der Waals surface area contributed by atoms with Gasteiger partial charge < -0.3 is 15.6 Å². The van der Waals surface area contributed by atoms with E-state index in [4.69, 9.17) is 10.5 Å². The lowest BCUT2D eigenvalue weighted by Gasteiger charge is -2.34. The Hall–Kier alpha value is -1.22. The molecule has 3 nitrogen and oxygen atoms in total. The SMILES string of the molecule is COc1c(C)cc(C2(N)CCCCC2)cc1O. The fourth-order valence-electron chi connectivity index (χ4n) is 2.78. The lowest BCUT2D eigenvalue weighted by atomic mass is 9.77. The minimum atomic E-state index is -0.271. The van der Waals surface area contributed by atoms with Crippen LogP contribution in [0.3, 0.4) is 0 Å². The third-order valence-corrected chi connectivity index (χ3v) is 3.78. The maximum Gasteiger partial charge on any atom is 0.163 e. The van der Waals surface area contributed by atoms with E-state index >= 15 is 0 Å². The third-order valence-electron chi connectivity index (χ3n) is 3.78. The van der Waals surface area contributed by atoms with Crippen LogP contribution < -0.4 is 10.5 Å². The van der Waals surface area contributed by atoms with E-state index in [1.165, 1.54) is 19.3 Å². The van der Waals surface area contributed by atoms with Gasteiger partial charge in [0, 0.05) is 5.54 Å². The van der Waals surface area contributed by atoms with E-state index in [2.05, 4.69) is 0 Å². The summed E-state index contributed by atoms with van der Waals surface area (Å²) in [6, 6.07) is 3.81. The number of aromatic hydroxyl groups is 1. The number of benzene rings is 1. The molecule has 1 aromatic rings. The topological polar surface area (TPSA) is 55.5 Å². The van der Waals surface area contributed by atoms with E-state index < -0.39 is 0 Å². The van der Waals surface area contributed by atoms with E-state index in [1.807, 2.05) is 13.0 Å². The molecule has 3 N–H and O–H groups in total. The maximum absolute atomic E-state index is 9.94. The van der Waals surface area contributed by atoms with Crippen LogP contribution in [0.5, 0.6) is 11.5 Å². The Bertz CT molecular complexity index is 386. The molecule has 0 spiro atoms. The fraction of sp³-hybridized carbons (Fsp3) is 0.571. The van der Waals surface area contributed by atoms with E-state index in [1.54, 1.807) is 13.2 Å². The van der Waals surface area contributed by atoms with Crippen molar-refractivity contribution in [2.24, 2.45) is 5.73 Å². The van der Waals surface area contributed by atoms with Crippen LogP contribution in [0.4, 0.5) is 0 Å². The largest absolute Gasteiger partial charge is 0.504 e. The number of phenolic OH excluding ortho intramolecular Hbond substituents is 1. The van der Waals surface area contributed by atoms with E-state index in [-0.39, 0.29) is 11.3 Å². The fourth-order valence-corrected chi connectivity index (χ4v) is 2.78. The summed E-state index contributed by atoms with van der Waals surface area (Å²) in [5.41, 5.74) is 8.16. The molecule has 0 bridgehead atoms. The average molecular weight is 235 g/mol. The number of phenols is 1. The van der Waals surface area contributed by atoms with Crippen LogP contribution in [0.2, 0.25) is 0 Å². The molecule has 1 aliphatic carbocycles. The molecule has 94 valence electrons. The van der Waals surface area contributed by atoms with Gasteiger partial charge in [-0.05, 0) is 37.0 Å². The highest BCUT2D eigenvalue weighted by atomic mass is 16.5. The van der Waals surface area contributed by atoms with Crippen molar-refractivity contribution in [2.75, 3.05) is 7.11 Å². The molecule has 0 saturated heterocycles. The van der Waals surface area contributed by atoms with Crippen LogP contribution in [0.15, 0.2) is 12.1 Å². The first kappa shape index (κ1) is 12.2. The molecule has 1 aliphatic rings. The molecule has 0 heterocycles. The van der Waals surface area contributed by atoms with Gasteiger partial charge in [0.25, 0.3) is 0 Å². The van der Waals surface area contributed by atoms with Gasteiger partial charge in [-0.25, -0.2) is 0 Å². The molecule has 17 heavy (non-hydrogen) atoms. The Morgan fingerprint density at radius 3 is 2.41 bits per heavy atom. The number of methoxy groups -OCH3 is 1. The summed E-state index contributed by atoms with van der Waals surface area (Å²) < 4.78 is 5.16. The predicted molar refractivity (Wildman–Crippen MR) is 68.3 cm³/mol. The lowest BCUT2D eigenvalue weighted by Crippen LogP contribution is -2.38. The Kier molecular flexibility index (Phi) is 3.29. The number of rotatable bonds is 2. The summed E-state index contributed by atoms with van der Waals surface area (Å²) in [7, 11) is 1.57. The van der Waals surface area contributed by atoms with Crippen molar-refractivity contribution in [2.45, 2.75) is 44.6 Å². The van der Waals surface area contributed by atoms with Gasteiger partial charge in [0.2, 0.25) is 0 Å². The monoisotopic (exact) mass is 235 g/mol. The Morgan fingerprint density at radius 1 is 1.24 bits per heavy atom. The van der Waals surface area contributed by atoms with Crippen molar-refractivity contribution < 1.29 is 9.84 Å². The molecule has 3 heteroatoms. The van der Waals surface area contributed by atoms with Crippen molar-refractivity contribution in [1.82, 2.24) is 0 Å². The second kappa shape index (κ2) is 4.57. The molecule has 2 rings (SSSR count). The van der Waals surface area contributed by atoms with Crippen molar-refractivity contribution in [3.8, 4) is 11.5 Å². The van der Waals surface area contributed by atoms with Crippen LogP contribution in [0, 0.1) is 6.92 Å². The highest BCUT2D eigenvalue weighted by Crippen LogP contribution is 2.39. The second-order valence-electron chi connectivity index (χ2n) is 5.06. The van der Waals surface area contributed by atoms with Crippen LogP contribution in [0.25, 0.3) is 0 Å². The quantitative estimate of drug-likeness (QED) is 0.828. The molecule has 0 aliphatic heterocycles. The van der Waals surface area contributed by atoms with Crippen molar-refractivity contribution in [1.29, 1.82) is 0 Å². The molecule has 1 aromatic carbocycles. The Labute approximate surface area is 103 Å². The molecule has 0 radical (unpaired) electrons. The lowest BCUT2D eigenvalue weighted by molar-refractivity contribution is 0.299. The molecule has 0 amide bonds. The Balaban J connectivity index is 2.39. The number of aryl methyl sites for hydroxylation is 1. The smallest absolute Gasteiger partial charge is 0.163 e. The molecular weight excluding hydrogens is 214 g/mol. The van der Waals surface area contributed by atoms with Gasteiger partial charge in [0.1, 0.15) is 0 Å². The Morgan fingerprint density at radius 2 is 1.88 bits per heavy atom. The van der Waals surface area contributed by atoms with Gasteiger partial charge in [0.05, 0.1) is 7.11 Å². The van der Waals surface area contributed by atoms with Gasteiger partial charge >= 0.3 is 0 Å². The molecular formula is C14H21NO2. The van der Waals surface area contributed by atoms with Crippen LogP contribution >= 0.6 is 0 Å². The molecule has 0 unspecified atom stereocenters. The highest BCUT2D eigenvalue weighted by Gasteiger charge is 2.30. The van der Waals surface area contributed by atoms with Gasteiger partial charge in [-0.3, -0.25) is 0 Å². The third kappa shape index (κ3) is 2.25. The zero-order chi connectivity index (χ0) is 12.5. The minimum Gasteiger partial charge on any atom is -0.504 e. The normalized spacial score (nSPS) is 19.0. The van der Waals surface area contributed by atoms with Crippen LogP contribution in [-0.4, -0.2) is 12.2 Å². The van der Waals surface area contributed by atoms with Crippen molar-refractivity contribution in [3.05, 3.63) is 23.3 Å². The summed E-state index contributed by atoms with van der Waals surface area (Å²) in [5, 5.41) is 9.94. The van der Waals surface area contributed by atoms with E-state index in [0.717, 1.165) is 24.0 Å². The maximum atomic E-state index is 9.94. The standard InChI is InChI=1S/C14H21NO2/c1-10-8-11(9-12(16)13(10)17-2)14(15)6-4-3-5-7-14/h8-9,16H,3-7,15H2,1-2H3. The van der Waals surface area contributed by atoms with Crippen LogP contribution in [0.1, 0.15) is 43.2 Å². The predicted octanol–water partition coefficient (Wildman–Crippen LogP) is 2.83. The number of ether oxygens (including phenoxy) is 1. The molecule has 1 fully saturated rings. The van der Waals surface area contributed by atoms with E-state index in [9.17, 15) is 5.11 Å². The zero-order valence-electron chi connectivity index (χ0n) is 10.6.